The maximum absolute atomic E-state index is 12.7. The SMILES string of the molecule is CNc1cc(C(=O)N(CC2CC2)CC2CC2)cc(Cl)n1. The van der Waals surface area contributed by atoms with Crippen molar-refractivity contribution < 1.29 is 4.79 Å². The van der Waals surface area contributed by atoms with Gasteiger partial charge in [0.05, 0.1) is 0 Å². The maximum atomic E-state index is 12.7. The Morgan fingerprint density at radius 2 is 1.90 bits per heavy atom. The summed E-state index contributed by atoms with van der Waals surface area (Å²) < 4.78 is 0. The van der Waals surface area contributed by atoms with Crippen molar-refractivity contribution in [3.05, 3.63) is 22.8 Å². The van der Waals surface area contributed by atoms with Crippen LogP contribution in [0.25, 0.3) is 0 Å². The van der Waals surface area contributed by atoms with E-state index in [1.807, 2.05) is 4.90 Å². The Balaban J connectivity index is 1.77. The summed E-state index contributed by atoms with van der Waals surface area (Å²) in [5, 5.41) is 3.30. The number of amides is 1. The molecule has 4 nitrogen and oxygen atoms in total. The Bertz CT molecular complexity index is 498. The van der Waals surface area contributed by atoms with Gasteiger partial charge in [0.25, 0.3) is 5.91 Å². The fourth-order valence-corrected chi connectivity index (χ4v) is 2.60. The van der Waals surface area contributed by atoms with E-state index in [4.69, 9.17) is 11.6 Å². The van der Waals surface area contributed by atoms with Crippen molar-refractivity contribution in [2.45, 2.75) is 25.7 Å². The van der Waals surface area contributed by atoms with Gasteiger partial charge in [-0.1, -0.05) is 11.6 Å². The normalized spacial score (nSPS) is 17.9. The molecular weight excluding hydrogens is 274 g/mol. The van der Waals surface area contributed by atoms with Gasteiger partial charge in [-0.15, -0.1) is 0 Å². The van der Waals surface area contributed by atoms with Gasteiger partial charge in [-0.25, -0.2) is 4.98 Å². The van der Waals surface area contributed by atoms with Gasteiger partial charge in [0.1, 0.15) is 11.0 Å². The van der Waals surface area contributed by atoms with Crippen LogP contribution in [-0.4, -0.2) is 35.9 Å². The minimum atomic E-state index is 0.0876. The summed E-state index contributed by atoms with van der Waals surface area (Å²) in [5.41, 5.74) is 0.635. The second-order valence-corrected chi connectivity index (χ2v) is 6.30. The van der Waals surface area contributed by atoms with E-state index >= 15 is 0 Å². The monoisotopic (exact) mass is 293 g/mol. The Kier molecular flexibility index (Phi) is 3.83. The van der Waals surface area contributed by atoms with E-state index in [9.17, 15) is 4.79 Å². The summed E-state index contributed by atoms with van der Waals surface area (Å²) in [5.74, 6) is 2.14. The summed E-state index contributed by atoms with van der Waals surface area (Å²) in [4.78, 5) is 18.8. The molecule has 5 heteroatoms. The predicted molar refractivity (Wildman–Crippen MR) is 80.1 cm³/mol. The lowest BCUT2D eigenvalue weighted by Crippen LogP contribution is -2.34. The van der Waals surface area contributed by atoms with Crippen LogP contribution in [0.15, 0.2) is 12.1 Å². The first-order valence-electron chi connectivity index (χ1n) is 7.30. The third-order valence-electron chi connectivity index (χ3n) is 3.94. The molecule has 1 amide bonds. The average molecular weight is 294 g/mol. The number of hydrogen-bond acceptors (Lipinski definition) is 3. The number of carbonyl (C=O) groups excluding carboxylic acids is 1. The molecule has 1 heterocycles. The van der Waals surface area contributed by atoms with Crippen LogP contribution < -0.4 is 5.32 Å². The number of halogens is 1. The zero-order valence-electron chi connectivity index (χ0n) is 11.7. The van der Waals surface area contributed by atoms with Crippen LogP contribution in [-0.2, 0) is 0 Å². The average Bonchev–Trinajstić information content (AvgIpc) is 3.31. The first kappa shape index (κ1) is 13.7. The molecule has 3 rings (SSSR count). The molecule has 2 aliphatic carbocycles. The van der Waals surface area contributed by atoms with E-state index in [-0.39, 0.29) is 5.91 Å². The van der Waals surface area contributed by atoms with Crippen molar-refractivity contribution in [3.8, 4) is 0 Å². The van der Waals surface area contributed by atoms with Crippen molar-refractivity contribution in [2.24, 2.45) is 11.8 Å². The van der Waals surface area contributed by atoms with E-state index in [0.29, 0.717) is 28.4 Å². The maximum Gasteiger partial charge on any atom is 0.254 e. The van der Waals surface area contributed by atoms with Crippen LogP contribution in [0.3, 0.4) is 0 Å². The van der Waals surface area contributed by atoms with E-state index in [1.165, 1.54) is 25.7 Å². The van der Waals surface area contributed by atoms with Crippen LogP contribution >= 0.6 is 11.6 Å². The molecule has 0 atom stereocenters. The molecule has 0 aliphatic heterocycles. The van der Waals surface area contributed by atoms with Crippen LogP contribution in [0.2, 0.25) is 5.15 Å². The number of anilines is 1. The Morgan fingerprint density at radius 1 is 1.30 bits per heavy atom. The quantitative estimate of drug-likeness (QED) is 0.820. The second kappa shape index (κ2) is 5.60. The molecule has 0 saturated heterocycles. The van der Waals surface area contributed by atoms with Gasteiger partial charge in [-0.2, -0.15) is 0 Å². The summed E-state index contributed by atoms with van der Waals surface area (Å²) in [6.45, 7) is 1.79. The fourth-order valence-electron chi connectivity index (χ4n) is 2.40. The first-order chi connectivity index (χ1) is 9.65. The molecule has 20 heavy (non-hydrogen) atoms. The number of hydrogen-bond donors (Lipinski definition) is 1. The smallest absolute Gasteiger partial charge is 0.254 e. The number of nitrogens with zero attached hydrogens (tertiary/aromatic N) is 2. The molecule has 2 saturated carbocycles. The lowest BCUT2D eigenvalue weighted by Gasteiger charge is -2.23. The van der Waals surface area contributed by atoms with E-state index in [1.54, 1.807) is 19.2 Å². The van der Waals surface area contributed by atoms with Gasteiger partial charge in [0, 0.05) is 25.7 Å². The van der Waals surface area contributed by atoms with Gasteiger partial charge in [-0.05, 0) is 49.7 Å². The van der Waals surface area contributed by atoms with Crippen LogP contribution in [0.4, 0.5) is 5.82 Å². The molecule has 0 unspecified atom stereocenters. The van der Waals surface area contributed by atoms with Crippen LogP contribution in [0, 0.1) is 11.8 Å². The van der Waals surface area contributed by atoms with Crippen LogP contribution in [0.1, 0.15) is 36.0 Å². The lowest BCUT2D eigenvalue weighted by molar-refractivity contribution is 0.0739. The molecule has 2 fully saturated rings. The molecule has 2 aliphatic rings. The molecule has 108 valence electrons. The second-order valence-electron chi connectivity index (χ2n) is 5.91. The molecular formula is C15H20ClN3O. The zero-order chi connectivity index (χ0) is 14.1. The minimum absolute atomic E-state index is 0.0876. The van der Waals surface area contributed by atoms with Crippen molar-refractivity contribution in [1.29, 1.82) is 0 Å². The number of rotatable bonds is 6. The van der Waals surface area contributed by atoms with Gasteiger partial charge >= 0.3 is 0 Å². The van der Waals surface area contributed by atoms with Gasteiger partial charge < -0.3 is 10.2 Å². The number of aromatic nitrogens is 1. The third-order valence-corrected chi connectivity index (χ3v) is 4.13. The number of carbonyl (C=O) groups is 1. The van der Waals surface area contributed by atoms with Crippen molar-refractivity contribution >= 4 is 23.3 Å². The number of pyridine rings is 1. The zero-order valence-corrected chi connectivity index (χ0v) is 12.5. The highest BCUT2D eigenvalue weighted by atomic mass is 35.5. The van der Waals surface area contributed by atoms with Crippen molar-refractivity contribution in [1.82, 2.24) is 9.88 Å². The van der Waals surface area contributed by atoms with Gasteiger partial charge in [-0.3, -0.25) is 4.79 Å². The Morgan fingerprint density at radius 3 is 2.40 bits per heavy atom. The summed E-state index contributed by atoms with van der Waals surface area (Å²) in [6.07, 6.45) is 5.03. The summed E-state index contributed by atoms with van der Waals surface area (Å²) in [6, 6.07) is 3.44. The third kappa shape index (κ3) is 3.42. The predicted octanol–water partition coefficient (Wildman–Crippen LogP) is 3.04. The Hall–Kier alpha value is -1.29. The molecule has 1 N–H and O–H groups in total. The van der Waals surface area contributed by atoms with Crippen LogP contribution in [0.5, 0.6) is 0 Å². The Labute approximate surface area is 124 Å². The molecule has 1 aromatic heterocycles. The molecule has 0 bridgehead atoms. The van der Waals surface area contributed by atoms with E-state index in [2.05, 4.69) is 10.3 Å². The molecule has 0 spiro atoms. The number of nitrogens with one attached hydrogen (secondary N) is 1. The fraction of sp³-hybridized carbons (Fsp3) is 0.600. The highest BCUT2D eigenvalue weighted by Gasteiger charge is 2.32. The summed E-state index contributed by atoms with van der Waals surface area (Å²) >= 11 is 5.99. The molecule has 0 radical (unpaired) electrons. The minimum Gasteiger partial charge on any atom is -0.373 e. The van der Waals surface area contributed by atoms with Gasteiger partial charge in [0.2, 0.25) is 0 Å². The van der Waals surface area contributed by atoms with Crippen molar-refractivity contribution in [3.63, 3.8) is 0 Å². The topological polar surface area (TPSA) is 45.2 Å². The molecule has 0 aromatic carbocycles. The highest BCUT2D eigenvalue weighted by Crippen LogP contribution is 2.34. The first-order valence-corrected chi connectivity index (χ1v) is 7.68. The summed E-state index contributed by atoms with van der Waals surface area (Å²) in [7, 11) is 1.78. The van der Waals surface area contributed by atoms with E-state index in [0.717, 1.165) is 13.1 Å². The van der Waals surface area contributed by atoms with E-state index < -0.39 is 0 Å². The van der Waals surface area contributed by atoms with Gasteiger partial charge in [0.15, 0.2) is 0 Å². The van der Waals surface area contributed by atoms with Crippen molar-refractivity contribution in [2.75, 3.05) is 25.5 Å². The molecule has 1 aromatic rings. The largest absolute Gasteiger partial charge is 0.373 e. The highest BCUT2D eigenvalue weighted by molar-refractivity contribution is 6.29. The standard InChI is InChI=1S/C15H20ClN3O/c1-17-14-7-12(6-13(16)18-14)15(20)19(8-10-2-3-10)9-11-4-5-11/h6-7,10-11H,2-5,8-9H2,1H3,(H,17,18). The lowest BCUT2D eigenvalue weighted by atomic mass is 10.2.